The van der Waals surface area contributed by atoms with Gasteiger partial charge in [0.1, 0.15) is 5.82 Å². The maximum absolute atomic E-state index is 11.8. The summed E-state index contributed by atoms with van der Waals surface area (Å²) in [5.74, 6) is 0.650. The third-order valence-electron chi connectivity index (χ3n) is 2.60. The largest absolute Gasteiger partial charge is 0.345 e. The van der Waals surface area contributed by atoms with E-state index in [2.05, 4.69) is 27.4 Å². The van der Waals surface area contributed by atoms with Crippen LogP contribution < -0.4 is 11.1 Å². The molecule has 6 heteroatoms. The Balaban J connectivity index is 2.51. The van der Waals surface area contributed by atoms with Crippen LogP contribution in [0.1, 0.15) is 49.6 Å². The number of carbonyl (C=O) groups is 1. The Hall–Kier alpha value is -1.43. The predicted octanol–water partition coefficient (Wildman–Crippen LogP) is 0.614. The van der Waals surface area contributed by atoms with Crippen molar-refractivity contribution in [3.05, 3.63) is 11.6 Å². The topological polar surface area (TPSA) is 96.7 Å². The lowest BCUT2D eigenvalue weighted by Crippen LogP contribution is -2.40. The fourth-order valence-electron chi connectivity index (χ4n) is 1.50. The van der Waals surface area contributed by atoms with Gasteiger partial charge in [-0.2, -0.15) is 0 Å². The molecule has 0 spiro atoms. The number of hydrogen-bond donors (Lipinski definition) is 3. The van der Waals surface area contributed by atoms with Gasteiger partial charge in [0.15, 0.2) is 0 Å². The summed E-state index contributed by atoms with van der Waals surface area (Å²) in [6, 6.07) is 0.00558. The van der Waals surface area contributed by atoms with Crippen molar-refractivity contribution in [1.82, 2.24) is 20.5 Å². The molecule has 0 radical (unpaired) electrons. The molecule has 17 heavy (non-hydrogen) atoms. The summed E-state index contributed by atoms with van der Waals surface area (Å²) in [7, 11) is 0. The number of aromatic amines is 1. The summed E-state index contributed by atoms with van der Waals surface area (Å²) in [5.41, 5.74) is 5.61. The van der Waals surface area contributed by atoms with Gasteiger partial charge in [-0.05, 0) is 6.42 Å². The minimum Gasteiger partial charge on any atom is -0.345 e. The second kappa shape index (κ2) is 7.01. The summed E-state index contributed by atoms with van der Waals surface area (Å²) < 4.78 is 0. The zero-order valence-corrected chi connectivity index (χ0v) is 10.5. The third kappa shape index (κ3) is 4.14. The number of rotatable bonds is 7. The highest BCUT2D eigenvalue weighted by atomic mass is 16.2. The van der Waals surface area contributed by atoms with E-state index in [9.17, 15) is 4.79 Å². The van der Waals surface area contributed by atoms with Crippen LogP contribution in [0.5, 0.6) is 0 Å². The molecule has 1 atom stereocenters. The Kier molecular flexibility index (Phi) is 5.62. The van der Waals surface area contributed by atoms with E-state index in [0.29, 0.717) is 12.4 Å². The molecule has 1 amide bonds. The molecule has 0 fully saturated rings. The van der Waals surface area contributed by atoms with Crippen LogP contribution in [0.2, 0.25) is 0 Å². The van der Waals surface area contributed by atoms with Gasteiger partial charge >= 0.3 is 0 Å². The number of aryl methyl sites for hydroxylation is 1. The average molecular weight is 239 g/mol. The van der Waals surface area contributed by atoms with Gasteiger partial charge in [-0.3, -0.25) is 9.89 Å². The van der Waals surface area contributed by atoms with Gasteiger partial charge in [0.05, 0.1) is 0 Å². The Bertz CT molecular complexity index is 349. The smallest absolute Gasteiger partial charge is 0.291 e. The van der Waals surface area contributed by atoms with E-state index in [-0.39, 0.29) is 17.8 Å². The van der Waals surface area contributed by atoms with Gasteiger partial charge in [0.25, 0.3) is 5.91 Å². The lowest BCUT2D eigenvalue weighted by Gasteiger charge is -2.14. The van der Waals surface area contributed by atoms with Crippen molar-refractivity contribution in [3.63, 3.8) is 0 Å². The molecule has 1 rings (SSSR count). The monoisotopic (exact) mass is 239 g/mol. The lowest BCUT2D eigenvalue weighted by molar-refractivity contribution is 0.0925. The van der Waals surface area contributed by atoms with Crippen LogP contribution in [0.4, 0.5) is 0 Å². The predicted molar refractivity (Wildman–Crippen MR) is 65.6 cm³/mol. The summed E-state index contributed by atoms with van der Waals surface area (Å²) in [6.45, 7) is 4.50. The Morgan fingerprint density at radius 2 is 2.29 bits per heavy atom. The Labute approximate surface area is 101 Å². The molecular formula is C11H21N5O. The second-order valence-corrected chi connectivity index (χ2v) is 4.01. The molecule has 0 bridgehead atoms. The minimum atomic E-state index is -0.257. The number of nitrogens with one attached hydrogen (secondary N) is 2. The molecule has 0 aromatic carbocycles. The zero-order valence-electron chi connectivity index (χ0n) is 10.5. The first kappa shape index (κ1) is 13.6. The first-order chi connectivity index (χ1) is 8.21. The van der Waals surface area contributed by atoms with Gasteiger partial charge in [0, 0.05) is 19.0 Å². The van der Waals surface area contributed by atoms with E-state index in [1.165, 1.54) is 0 Å². The molecule has 0 aliphatic carbocycles. The summed E-state index contributed by atoms with van der Waals surface area (Å²) in [5, 5.41) is 9.43. The number of nitrogens with two attached hydrogens (primary N) is 1. The third-order valence-corrected chi connectivity index (χ3v) is 2.60. The molecular weight excluding hydrogens is 218 g/mol. The van der Waals surface area contributed by atoms with Crippen LogP contribution >= 0.6 is 0 Å². The van der Waals surface area contributed by atoms with Gasteiger partial charge in [-0.25, -0.2) is 4.98 Å². The molecule has 1 aromatic heterocycles. The number of hydrogen-bond acceptors (Lipinski definition) is 4. The quantitative estimate of drug-likeness (QED) is 0.649. The number of H-pyrrole nitrogens is 1. The van der Waals surface area contributed by atoms with Crippen molar-refractivity contribution >= 4 is 5.91 Å². The highest BCUT2D eigenvalue weighted by Crippen LogP contribution is 2.01. The number of carbonyl (C=O) groups excluding carboxylic acids is 1. The summed E-state index contributed by atoms with van der Waals surface area (Å²) >= 11 is 0. The van der Waals surface area contributed by atoms with E-state index >= 15 is 0 Å². The molecule has 0 saturated carbocycles. The Morgan fingerprint density at radius 1 is 1.53 bits per heavy atom. The van der Waals surface area contributed by atoms with Crippen molar-refractivity contribution in [1.29, 1.82) is 0 Å². The van der Waals surface area contributed by atoms with Crippen LogP contribution in [-0.2, 0) is 6.42 Å². The number of unbranched alkanes of at least 4 members (excludes halogenated alkanes) is 1. The SMILES string of the molecule is CCCCC(CN)NC(=O)c1n[nH]c(CC)n1. The van der Waals surface area contributed by atoms with E-state index in [1.807, 2.05) is 6.92 Å². The molecule has 0 saturated heterocycles. The summed E-state index contributed by atoms with van der Waals surface area (Å²) in [6.07, 6.45) is 3.77. The molecule has 1 heterocycles. The average Bonchev–Trinajstić information content (AvgIpc) is 2.83. The van der Waals surface area contributed by atoms with E-state index in [4.69, 9.17) is 5.73 Å². The van der Waals surface area contributed by atoms with Gasteiger partial charge < -0.3 is 11.1 Å². The fraction of sp³-hybridized carbons (Fsp3) is 0.727. The van der Waals surface area contributed by atoms with Crippen molar-refractivity contribution in [2.45, 2.75) is 45.6 Å². The zero-order chi connectivity index (χ0) is 12.7. The fourth-order valence-corrected chi connectivity index (χ4v) is 1.50. The van der Waals surface area contributed by atoms with Gasteiger partial charge in [-0.15, -0.1) is 5.10 Å². The maximum atomic E-state index is 11.8. The van der Waals surface area contributed by atoms with Gasteiger partial charge in [-0.1, -0.05) is 26.7 Å². The van der Waals surface area contributed by atoms with Crippen LogP contribution in [0.3, 0.4) is 0 Å². The number of aromatic nitrogens is 3. The normalized spacial score (nSPS) is 12.4. The summed E-state index contributed by atoms with van der Waals surface area (Å²) in [4.78, 5) is 15.9. The van der Waals surface area contributed by atoms with Crippen LogP contribution in [-0.4, -0.2) is 33.7 Å². The van der Waals surface area contributed by atoms with E-state index in [1.54, 1.807) is 0 Å². The second-order valence-electron chi connectivity index (χ2n) is 4.01. The first-order valence-corrected chi connectivity index (χ1v) is 6.13. The molecule has 96 valence electrons. The molecule has 1 aromatic rings. The van der Waals surface area contributed by atoms with Crippen LogP contribution in [0.25, 0.3) is 0 Å². The van der Waals surface area contributed by atoms with E-state index < -0.39 is 0 Å². The first-order valence-electron chi connectivity index (χ1n) is 6.13. The van der Waals surface area contributed by atoms with E-state index in [0.717, 1.165) is 25.7 Å². The molecule has 6 nitrogen and oxygen atoms in total. The van der Waals surface area contributed by atoms with Crippen molar-refractivity contribution in [3.8, 4) is 0 Å². The highest BCUT2D eigenvalue weighted by Gasteiger charge is 2.15. The Morgan fingerprint density at radius 3 is 2.82 bits per heavy atom. The van der Waals surface area contributed by atoms with Gasteiger partial charge in [0.2, 0.25) is 5.82 Å². The van der Waals surface area contributed by atoms with Crippen molar-refractivity contribution in [2.75, 3.05) is 6.54 Å². The van der Waals surface area contributed by atoms with Crippen molar-refractivity contribution < 1.29 is 4.79 Å². The minimum absolute atomic E-state index is 0.00558. The molecule has 0 aliphatic rings. The highest BCUT2D eigenvalue weighted by molar-refractivity contribution is 5.90. The lowest BCUT2D eigenvalue weighted by atomic mass is 10.1. The molecule has 4 N–H and O–H groups in total. The van der Waals surface area contributed by atoms with Crippen molar-refractivity contribution in [2.24, 2.45) is 5.73 Å². The maximum Gasteiger partial charge on any atom is 0.291 e. The standard InChI is InChI=1S/C11H21N5O/c1-3-5-6-8(7-12)13-11(17)10-14-9(4-2)15-16-10/h8H,3-7,12H2,1-2H3,(H,13,17)(H,14,15,16). The number of amides is 1. The van der Waals surface area contributed by atoms with Crippen LogP contribution in [0.15, 0.2) is 0 Å². The number of nitrogens with zero attached hydrogens (tertiary/aromatic N) is 2. The molecule has 0 aliphatic heterocycles. The van der Waals surface area contributed by atoms with Crippen LogP contribution in [0, 0.1) is 0 Å². The molecule has 1 unspecified atom stereocenters.